The third-order valence-electron chi connectivity index (χ3n) is 3.01. The molecule has 1 aromatic carbocycles. The Kier molecular flexibility index (Phi) is 5.82. The monoisotopic (exact) mass is 385 g/mol. The van der Waals surface area contributed by atoms with Crippen molar-refractivity contribution in [2.75, 3.05) is 7.11 Å². The molecule has 0 bridgehead atoms. The van der Waals surface area contributed by atoms with Crippen molar-refractivity contribution in [3.63, 3.8) is 0 Å². The molecule has 1 amide bonds. The summed E-state index contributed by atoms with van der Waals surface area (Å²) in [5.74, 6) is -0.211. The average Bonchev–Trinajstić information content (AvgIpc) is 2.95. The number of methoxy groups -OCH3 is 1. The molecule has 2 rings (SSSR count). The summed E-state index contributed by atoms with van der Waals surface area (Å²) >= 11 is 0. The van der Waals surface area contributed by atoms with Crippen LogP contribution in [-0.2, 0) is 17.5 Å². The highest BCUT2D eigenvalue weighted by Gasteiger charge is 2.39. The standard InChI is InChI=1S/C16H18F3N5O3/c1-15(2,3)27-14(25)21-20-13-12(16(17,18)19)22-24(23-13)9-10-5-7-11(26-4)8-6-10/h5-8H,9H2,1-4H3/b21-20+. The molecule has 1 heterocycles. The number of aromatic nitrogens is 3. The van der Waals surface area contributed by atoms with E-state index in [4.69, 9.17) is 9.47 Å². The van der Waals surface area contributed by atoms with Gasteiger partial charge in [0.1, 0.15) is 11.4 Å². The molecule has 0 unspecified atom stereocenters. The van der Waals surface area contributed by atoms with Crippen LogP contribution in [0, 0.1) is 0 Å². The number of hydrogen-bond acceptors (Lipinski definition) is 6. The van der Waals surface area contributed by atoms with E-state index < -0.39 is 29.4 Å². The summed E-state index contributed by atoms with van der Waals surface area (Å²) in [7, 11) is 1.50. The van der Waals surface area contributed by atoms with Crippen LogP contribution in [-0.4, -0.2) is 33.8 Å². The van der Waals surface area contributed by atoms with Crippen LogP contribution in [0.4, 0.5) is 23.8 Å². The maximum Gasteiger partial charge on any atom is 0.453 e. The number of carbonyl (C=O) groups excluding carboxylic acids is 1. The van der Waals surface area contributed by atoms with Crippen molar-refractivity contribution in [3.8, 4) is 5.75 Å². The zero-order chi connectivity index (χ0) is 20.2. The Morgan fingerprint density at radius 2 is 1.78 bits per heavy atom. The fourth-order valence-electron chi connectivity index (χ4n) is 1.93. The highest BCUT2D eigenvalue weighted by atomic mass is 19.4. The molecule has 11 heteroatoms. The van der Waals surface area contributed by atoms with Gasteiger partial charge in [-0.15, -0.1) is 15.3 Å². The highest BCUT2D eigenvalue weighted by Crippen LogP contribution is 2.34. The van der Waals surface area contributed by atoms with E-state index in [-0.39, 0.29) is 6.54 Å². The van der Waals surface area contributed by atoms with Gasteiger partial charge in [-0.2, -0.15) is 18.0 Å². The molecule has 0 aliphatic rings. The number of rotatable bonds is 4. The van der Waals surface area contributed by atoms with Gasteiger partial charge in [0, 0.05) is 0 Å². The maximum absolute atomic E-state index is 13.1. The van der Waals surface area contributed by atoms with Crippen LogP contribution >= 0.6 is 0 Å². The Bertz CT molecular complexity index is 823. The second kappa shape index (κ2) is 7.72. The molecule has 0 N–H and O–H groups in total. The van der Waals surface area contributed by atoms with E-state index in [1.54, 1.807) is 45.0 Å². The summed E-state index contributed by atoms with van der Waals surface area (Å²) in [5.41, 5.74) is -1.55. The lowest BCUT2D eigenvalue weighted by Gasteiger charge is -2.16. The summed E-state index contributed by atoms with van der Waals surface area (Å²) < 4.78 is 49.3. The normalized spacial score (nSPS) is 12.4. The summed E-state index contributed by atoms with van der Waals surface area (Å²) in [6.07, 6.45) is -5.93. The molecular formula is C16H18F3N5O3. The van der Waals surface area contributed by atoms with Gasteiger partial charge >= 0.3 is 12.3 Å². The molecule has 0 aliphatic carbocycles. The molecule has 0 radical (unpaired) electrons. The molecule has 2 aromatic rings. The number of hydrogen-bond donors (Lipinski definition) is 0. The smallest absolute Gasteiger partial charge is 0.453 e. The van der Waals surface area contributed by atoms with Crippen molar-refractivity contribution >= 4 is 11.9 Å². The molecule has 0 aliphatic heterocycles. The SMILES string of the molecule is COc1ccc(Cn2nc(/N=N/C(=O)OC(C)(C)C)c(C(F)(F)F)n2)cc1. The molecule has 0 fully saturated rings. The molecule has 0 saturated heterocycles. The zero-order valence-electron chi connectivity index (χ0n) is 15.1. The van der Waals surface area contributed by atoms with Gasteiger partial charge in [-0.05, 0) is 38.5 Å². The molecule has 0 spiro atoms. The number of azo groups is 1. The quantitative estimate of drug-likeness (QED) is 0.729. The number of benzene rings is 1. The molecule has 146 valence electrons. The molecule has 0 saturated carbocycles. The van der Waals surface area contributed by atoms with E-state index in [1.165, 1.54) is 7.11 Å². The lowest BCUT2D eigenvalue weighted by Crippen LogP contribution is -2.21. The predicted molar refractivity (Wildman–Crippen MR) is 87.9 cm³/mol. The largest absolute Gasteiger partial charge is 0.497 e. The number of ether oxygens (including phenoxy) is 2. The summed E-state index contributed by atoms with van der Waals surface area (Å²) in [5, 5.41) is 13.5. The topological polar surface area (TPSA) is 91.0 Å². The summed E-state index contributed by atoms with van der Waals surface area (Å²) in [6.45, 7) is 4.74. The fraction of sp³-hybridized carbons (Fsp3) is 0.438. The maximum atomic E-state index is 13.1. The predicted octanol–water partition coefficient (Wildman–Crippen LogP) is 4.37. The number of carbonyl (C=O) groups is 1. The third kappa shape index (κ3) is 6.04. The number of amides is 1. The van der Waals surface area contributed by atoms with Gasteiger partial charge in [0.2, 0.25) is 11.5 Å². The first-order chi connectivity index (χ1) is 12.5. The number of alkyl halides is 3. The van der Waals surface area contributed by atoms with Gasteiger partial charge in [0.15, 0.2) is 0 Å². The molecule has 8 nitrogen and oxygen atoms in total. The lowest BCUT2D eigenvalue weighted by molar-refractivity contribution is -0.141. The zero-order valence-corrected chi connectivity index (χ0v) is 15.1. The van der Waals surface area contributed by atoms with Gasteiger partial charge < -0.3 is 9.47 Å². The number of halogens is 3. The van der Waals surface area contributed by atoms with Crippen LogP contribution in [0.3, 0.4) is 0 Å². The van der Waals surface area contributed by atoms with Crippen molar-refractivity contribution in [1.29, 1.82) is 0 Å². The van der Waals surface area contributed by atoms with Crippen molar-refractivity contribution < 1.29 is 27.4 Å². The third-order valence-corrected chi connectivity index (χ3v) is 3.01. The van der Waals surface area contributed by atoms with E-state index in [2.05, 4.69) is 20.4 Å². The second-order valence-electron chi connectivity index (χ2n) is 6.43. The van der Waals surface area contributed by atoms with E-state index in [0.717, 1.165) is 4.80 Å². The summed E-state index contributed by atoms with van der Waals surface area (Å²) in [6, 6.07) is 6.65. The first-order valence-corrected chi connectivity index (χ1v) is 7.78. The highest BCUT2D eigenvalue weighted by molar-refractivity contribution is 5.68. The van der Waals surface area contributed by atoms with Crippen LogP contribution < -0.4 is 4.74 Å². The van der Waals surface area contributed by atoms with Gasteiger partial charge in [0.25, 0.3) is 0 Å². The lowest BCUT2D eigenvalue weighted by atomic mass is 10.2. The minimum Gasteiger partial charge on any atom is -0.497 e. The number of nitrogens with zero attached hydrogens (tertiary/aromatic N) is 5. The van der Waals surface area contributed by atoms with E-state index in [0.29, 0.717) is 11.3 Å². The fourth-order valence-corrected chi connectivity index (χ4v) is 1.93. The van der Waals surface area contributed by atoms with Crippen LogP contribution in [0.2, 0.25) is 0 Å². The molecular weight excluding hydrogens is 367 g/mol. The Labute approximate surface area is 153 Å². The van der Waals surface area contributed by atoms with E-state index in [1.807, 2.05) is 0 Å². The van der Waals surface area contributed by atoms with Gasteiger partial charge in [-0.25, -0.2) is 4.79 Å². The molecule has 1 aromatic heterocycles. The van der Waals surface area contributed by atoms with E-state index >= 15 is 0 Å². The van der Waals surface area contributed by atoms with Crippen LogP contribution in [0.1, 0.15) is 32.0 Å². The van der Waals surface area contributed by atoms with Crippen LogP contribution in [0.25, 0.3) is 0 Å². The van der Waals surface area contributed by atoms with Crippen molar-refractivity contribution in [2.24, 2.45) is 10.2 Å². The first kappa shape index (κ1) is 20.3. The van der Waals surface area contributed by atoms with Crippen molar-refractivity contribution in [2.45, 2.75) is 39.1 Å². The Balaban J connectivity index is 2.24. The summed E-state index contributed by atoms with van der Waals surface area (Å²) in [4.78, 5) is 12.3. The average molecular weight is 385 g/mol. The Morgan fingerprint density at radius 1 is 1.15 bits per heavy atom. The van der Waals surface area contributed by atoms with Crippen LogP contribution in [0.15, 0.2) is 34.5 Å². The molecule has 27 heavy (non-hydrogen) atoms. The van der Waals surface area contributed by atoms with Gasteiger partial charge in [0.05, 0.1) is 13.7 Å². The Morgan fingerprint density at radius 3 is 2.30 bits per heavy atom. The van der Waals surface area contributed by atoms with Crippen molar-refractivity contribution in [1.82, 2.24) is 15.0 Å². The van der Waals surface area contributed by atoms with Gasteiger partial charge in [-0.3, -0.25) is 0 Å². The minimum absolute atomic E-state index is 0.0327. The first-order valence-electron chi connectivity index (χ1n) is 7.78. The van der Waals surface area contributed by atoms with Gasteiger partial charge in [-0.1, -0.05) is 17.2 Å². The van der Waals surface area contributed by atoms with Crippen LogP contribution in [0.5, 0.6) is 5.75 Å². The van der Waals surface area contributed by atoms with Crippen molar-refractivity contribution in [3.05, 3.63) is 35.5 Å². The molecule has 0 atom stereocenters. The Hall–Kier alpha value is -2.98. The minimum atomic E-state index is -4.81. The second-order valence-corrected chi connectivity index (χ2v) is 6.43. The van der Waals surface area contributed by atoms with E-state index in [9.17, 15) is 18.0 Å².